The van der Waals surface area contributed by atoms with E-state index in [-0.39, 0.29) is 5.91 Å². The number of carbonyl (C=O) groups excluding carboxylic acids is 1. The minimum Gasteiger partial charge on any atom is -0.319 e. The molecular formula is C7H18N3O+. The zero-order valence-electron chi connectivity index (χ0n) is 7.55. The number of hydrogen-bond donors (Lipinski definition) is 2. The number of hydrogen-bond acceptors (Lipinski definition) is 2. The van der Waals surface area contributed by atoms with Gasteiger partial charge in [0.05, 0.1) is 20.1 Å². The standard InChI is InChI=1S/C7H17N3O/c1-4-10(3,5-2)6-7(11)9-8/h4-6,8H2,1-3H3/p+1. The Morgan fingerprint density at radius 1 is 1.45 bits per heavy atom. The van der Waals surface area contributed by atoms with Crippen LogP contribution in [-0.4, -0.2) is 37.1 Å². The molecule has 11 heavy (non-hydrogen) atoms. The zero-order chi connectivity index (χ0) is 8.91. The van der Waals surface area contributed by atoms with Gasteiger partial charge in [0.1, 0.15) is 0 Å². The monoisotopic (exact) mass is 160 g/mol. The SMILES string of the molecule is CC[N+](C)(CC)CC(=O)NN. The maximum Gasteiger partial charge on any atom is 0.289 e. The van der Waals surface area contributed by atoms with Crippen LogP contribution in [0.5, 0.6) is 0 Å². The summed E-state index contributed by atoms with van der Waals surface area (Å²) in [6.07, 6.45) is 0. The van der Waals surface area contributed by atoms with Crippen molar-refractivity contribution in [1.82, 2.24) is 5.43 Å². The summed E-state index contributed by atoms with van der Waals surface area (Å²) in [6, 6.07) is 0. The van der Waals surface area contributed by atoms with Gasteiger partial charge in [0, 0.05) is 0 Å². The lowest BCUT2D eigenvalue weighted by Gasteiger charge is -2.30. The van der Waals surface area contributed by atoms with Crippen molar-refractivity contribution in [3.05, 3.63) is 0 Å². The van der Waals surface area contributed by atoms with Crippen molar-refractivity contribution in [2.45, 2.75) is 13.8 Å². The Bertz CT molecular complexity index is 132. The first kappa shape index (κ1) is 10.4. The van der Waals surface area contributed by atoms with E-state index in [9.17, 15) is 4.79 Å². The molecule has 0 aromatic rings. The summed E-state index contributed by atoms with van der Waals surface area (Å²) in [5.74, 6) is 4.88. The molecule has 0 rings (SSSR count). The molecule has 4 nitrogen and oxygen atoms in total. The summed E-state index contributed by atoms with van der Waals surface area (Å²) in [7, 11) is 2.04. The Hall–Kier alpha value is -0.610. The van der Waals surface area contributed by atoms with Crippen molar-refractivity contribution >= 4 is 5.91 Å². The molecule has 3 N–H and O–H groups in total. The number of likely N-dealkylation sites (N-methyl/N-ethyl adjacent to an activating group) is 1. The quantitative estimate of drug-likeness (QED) is 0.251. The van der Waals surface area contributed by atoms with Gasteiger partial charge in [0.15, 0.2) is 6.54 Å². The van der Waals surface area contributed by atoms with Crippen LogP contribution < -0.4 is 11.3 Å². The minimum atomic E-state index is -0.101. The molecule has 0 atom stereocenters. The number of amides is 1. The first-order valence-corrected chi connectivity index (χ1v) is 3.91. The molecule has 0 aliphatic carbocycles. The topological polar surface area (TPSA) is 55.1 Å². The third-order valence-corrected chi connectivity index (χ3v) is 2.21. The van der Waals surface area contributed by atoms with Crippen molar-refractivity contribution in [2.75, 3.05) is 26.7 Å². The first-order valence-electron chi connectivity index (χ1n) is 3.91. The summed E-state index contributed by atoms with van der Waals surface area (Å²) in [6.45, 7) is 6.48. The van der Waals surface area contributed by atoms with Crippen LogP contribution in [0.15, 0.2) is 0 Å². The normalized spacial score (nSPS) is 11.3. The summed E-state index contributed by atoms with van der Waals surface area (Å²) < 4.78 is 0.739. The van der Waals surface area contributed by atoms with Crippen LogP contribution in [0.1, 0.15) is 13.8 Å². The van der Waals surface area contributed by atoms with E-state index in [1.807, 2.05) is 7.05 Å². The van der Waals surface area contributed by atoms with Crippen molar-refractivity contribution in [3.63, 3.8) is 0 Å². The molecule has 0 saturated carbocycles. The lowest BCUT2D eigenvalue weighted by atomic mass is 10.4. The van der Waals surface area contributed by atoms with Gasteiger partial charge < -0.3 is 4.48 Å². The molecular weight excluding hydrogens is 142 g/mol. The van der Waals surface area contributed by atoms with Gasteiger partial charge in [-0.1, -0.05) is 0 Å². The predicted octanol–water partition coefficient (Wildman–Crippen LogP) is -0.537. The van der Waals surface area contributed by atoms with E-state index in [1.165, 1.54) is 0 Å². The number of rotatable bonds is 4. The highest BCUT2D eigenvalue weighted by Crippen LogP contribution is 1.99. The maximum atomic E-state index is 10.9. The Morgan fingerprint density at radius 3 is 2.18 bits per heavy atom. The van der Waals surface area contributed by atoms with Crippen LogP contribution in [0.4, 0.5) is 0 Å². The van der Waals surface area contributed by atoms with Crippen molar-refractivity contribution in [3.8, 4) is 0 Å². The van der Waals surface area contributed by atoms with E-state index in [0.29, 0.717) is 6.54 Å². The van der Waals surface area contributed by atoms with E-state index in [0.717, 1.165) is 17.6 Å². The third-order valence-electron chi connectivity index (χ3n) is 2.21. The predicted molar refractivity (Wildman–Crippen MR) is 44.5 cm³/mol. The Labute approximate surface area is 67.9 Å². The number of carbonyl (C=O) groups is 1. The van der Waals surface area contributed by atoms with E-state index in [4.69, 9.17) is 5.84 Å². The number of nitrogens with two attached hydrogens (primary N) is 1. The van der Waals surface area contributed by atoms with Crippen molar-refractivity contribution in [2.24, 2.45) is 5.84 Å². The molecule has 0 fully saturated rings. The van der Waals surface area contributed by atoms with Crippen LogP contribution in [0.25, 0.3) is 0 Å². The molecule has 0 saturated heterocycles. The third kappa shape index (κ3) is 3.34. The molecule has 0 spiro atoms. The molecule has 4 heteroatoms. The molecule has 0 unspecified atom stereocenters. The molecule has 1 amide bonds. The number of hydrazine groups is 1. The summed E-state index contributed by atoms with van der Waals surface area (Å²) in [5, 5.41) is 0. The lowest BCUT2D eigenvalue weighted by Crippen LogP contribution is -2.51. The van der Waals surface area contributed by atoms with Crippen LogP contribution in [0, 0.1) is 0 Å². The summed E-state index contributed by atoms with van der Waals surface area (Å²) in [5.41, 5.74) is 2.13. The van der Waals surface area contributed by atoms with Gasteiger partial charge >= 0.3 is 0 Å². The fourth-order valence-electron chi connectivity index (χ4n) is 0.840. The molecule has 66 valence electrons. The second kappa shape index (κ2) is 4.31. The zero-order valence-corrected chi connectivity index (χ0v) is 7.55. The molecule has 0 heterocycles. The largest absolute Gasteiger partial charge is 0.319 e. The molecule has 0 aliphatic heterocycles. The van der Waals surface area contributed by atoms with Gasteiger partial charge in [-0.2, -0.15) is 0 Å². The van der Waals surface area contributed by atoms with E-state index < -0.39 is 0 Å². The lowest BCUT2D eigenvalue weighted by molar-refractivity contribution is -0.898. The molecule has 0 bridgehead atoms. The van der Waals surface area contributed by atoms with Crippen LogP contribution in [-0.2, 0) is 4.79 Å². The van der Waals surface area contributed by atoms with E-state index in [1.54, 1.807) is 0 Å². The second-order valence-corrected chi connectivity index (χ2v) is 2.98. The van der Waals surface area contributed by atoms with Gasteiger partial charge in [-0.05, 0) is 13.8 Å². The fourth-order valence-corrected chi connectivity index (χ4v) is 0.840. The summed E-state index contributed by atoms with van der Waals surface area (Å²) in [4.78, 5) is 10.9. The average molecular weight is 160 g/mol. The highest BCUT2D eigenvalue weighted by Gasteiger charge is 2.19. The molecule has 0 aromatic heterocycles. The Morgan fingerprint density at radius 2 is 1.91 bits per heavy atom. The first-order chi connectivity index (χ1) is 5.08. The van der Waals surface area contributed by atoms with Crippen LogP contribution in [0.3, 0.4) is 0 Å². The van der Waals surface area contributed by atoms with E-state index >= 15 is 0 Å². The second-order valence-electron chi connectivity index (χ2n) is 2.98. The van der Waals surface area contributed by atoms with E-state index in [2.05, 4.69) is 19.3 Å². The van der Waals surface area contributed by atoms with Gasteiger partial charge in [0.2, 0.25) is 0 Å². The molecule has 0 radical (unpaired) electrons. The Balaban J connectivity index is 3.96. The molecule has 0 aliphatic rings. The number of nitrogens with zero attached hydrogens (tertiary/aromatic N) is 1. The number of quaternary nitrogens is 1. The fraction of sp³-hybridized carbons (Fsp3) is 0.857. The van der Waals surface area contributed by atoms with Gasteiger partial charge in [-0.25, -0.2) is 5.84 Å². The molecule has 0 aromatic carbocycles. The van der Waals surface area contributed by atoms with Gasteiger partial charge in [-0.15, -0.1) is 0 Å². The van der Waals surface area contributed by atoms with Crippen LogP contribution in [0.2, 0.25) is 0 Å². The van der Waals surface area contributed by atoms with Crippen LogP contribution >= 0.6 is 0 Å². The highest BCUT2D eigenvalue weighted by molar-refractivity contribution is 5.76. The van der Waals surface area contributed by atoms with Gasteiger partial charge in [0.25, 0.3) is 5.91 Å². The maximum absolute atomic E-state index is 10.9. The minimum absolute atomic E-state index is 0.101. The van der Waals surface area contributed by atoms with Crippen molar-refractivity contribution in [1.29, 1.82) is 0 Å². The number of nitrogens with one attached hydrogen (secondary N) is 1. The summed E-state index contributed by atoms with van der Waals surface area (Å²) >= 11 is 0. The highest BCUT2D eigenvalue weighted by atomic mass is 16.2. The smallest absolute Gasteiger partial charge is 0.289 e. The van der Waals surface area contributed by atoms with Crippen molar-refractivity contribution < 1.29 is 9.28 Å². The Kier molecular flexibility index (Phi) is 4.07. The van der Waals surface area contributed by atoms with Gasteiger partial charge in [-0.3, -0.25) is 10.2 Å². The average Bonchev–Trinajstić information content (AvgIpc) is 2.04.